The minimum atomic E-state index is 0.0974. The molecule has 22 heavy (non-hydrogen) atoms. The van der Waals surface area contributed by atoms with Gasteiger partial charge in [0, 0.05) is 32.2 Å². The molecule has 4 heteroatoms. The van der Waals surface area contributed by atoms with Gasteiger partial charge in [-0.2, -0.15) is 0 Å². The fourth-order valence-corrected chi connectivity index (χ4v) is 3.20. The van der Waals surface area contributed by atoms with E-state index >= 15 is 0 Å². The van der Waals surface area contributed by atoms with Crippen LogP contribution in [0.4, 0.5) is 0 Å². The molecule has 120 valence electrons. The summed E-state index contributed by atoms with van der Waals surface area (Å²) in [5.74, 6) is 1.77. The Bertz CT molecular complexity index is 520. The molecule has 0 bridgehead atoms. The molecule has 2 fully saturated rings. The van der Waals surface area contributed by atoms with Gasteiger partial charge in [-0.3, -0.25) is 9.69 Å². The maximum atomic E-state index is 12.3. The third kappa shape index (κ3) is 3.80. The maximum absolute atomic E-state index is 12.3. The van der Waals surface area contributed by atoms with E-state index in [0.29, 0.717) is 6.04 Å². The van der Waals surface area contributed by atoms with Crippen molar-refractivity contribution in [1.29, 1.82) is 0 Å². The molecule has 1 aromatic rings. The van der Waals surface area contributed by atoms with Crippen molar-refractivity contribution in [3.63, 3.8) is 0 Å². The minimum absolute atomic E-state index is 0.0974. The zero-order valence-electron chi connectivity index (χ0n) is 13.6. The molecule has 0 spiro atoms. The Kier molecular flexibility index (Phi) is 4.67. The number of ether oxygens (including phenoxy) is 1. The van der Waals surface area contributed by atoms with Crippen LogP contribution in [0.2, 0.25) is 0 Å². The number of aryl methyl sites for hydroxylation is 1. The highest BCUT2D eigenvalue weighted by molar-refractivity contribution is 5.77. The first kappa shape index (κ1) is 15.3. The summed E-state index contributed by atoms with van der Waals surface area (Å²) in [6.45, 7) is 8.13. The predicted molar refractivity (Wildman–Crippen MR) is 87.0 cm³/mol. The third-order valence-electron chi connectivity index (χ3n) is 4.90. The first-order valence-corrected chi connectivity index (χ1v) is 8.35. The number of amides is 1. The second-order valence-electron chi connectivity index (χ2n) is 6.60. The molecule has 1 aliphatic heterocycles. The molecule has 3 rings (SSSR count). The molecule has 2 aliphatic rings. The van der Waals surface area contributed by atoms with E-state index in [1.165, 1.54) is 12.8 Å². The summed E-state index contributed by atoms with van der Waals surface area (Å²) >= 11 is 0. The molecule has 4 nitrogen and oxygen atoms in total. The van der Waals surface area contributed by atoms with Crippen molar-refractivity contribution >= 4 is 5.91 Å². The van der Waals surface area contributed by atoms with E-state index in [0.717, 1.165) is 43.4 Å². The van der Waals surface area contributed by atoms with Gasteiger partial charge in [-0.05, 0) is 50.3 Å². The smallest absolute Gasteiger partial charge is 0.260 e. The summed E-state index contributed by atoms with van der Waals surface area (Å²) in [5, 5.41) is 0. The Labute approximate surface area is 133 Å². The monoisotopic (exact) mass is 302 g/mol. The summed E-state index contributed by atoms with van der Waals surface area (Å²) in [6.07, 6.45) is 2.76. The third-order valence-corrected chi connectivity index (χ3v) is 4.90. The van der Waals surface area contributed by atoms with Crippen molar-refractivity contribution in [3.8, 4) is 5.75 Å². The zero-order valence-corrected chi connectivity index (χ0v) is 13.6. The molecule has 1 saturated heterocycles. The molecule has 1 heterocycles. The van der Waals surface area contributed by atoms with Gasteiger partial charge in [-0.1, -0.05) is 12.1 Å². The number of benzene rings is 1. The average molecular weight is 302 g/mol. The standard InChI is InChI=1S/C18H26N2O2/c1-14-4-3-5-17(12-14)22-13-18(21)20-10-8-19(9-11-20)15(2)16-6-7-16/h3-5,12,15-16H,6-11,13H2,1-2H3. The highest BCUT2D eigenvalue weighted by Gasteiger charge is 2.33. The Morgan fingerprint density at radius 2 is 2.00 bits per heavy atom. The highest BCUT2D eigenvalue weighted by atomic mass is 16.5. The predicted octanol–water partition coefficient (Wildman–Crippen LogP) is 2.32. The fourth-order valence-electron chi connectivity index (χ4n) is 3.20. The summed E-state index contributed by atoms with van der Waals surface area (Å²) < 4.78 is 5.62. The van der Waals surface area contributed by atoms with E-state index in [-0.39, 0.29) is 12.5 Å². The van der Waals surface area contributed by atoms with Gasteiger partial charge in [-0.25, -0.2) is 0 Å². The van der Waals surface area contributed by atoms with Gasteiger partial charge in [-0.15, -0.1) is 0 Å². The Balaban J connectivity index is 1.43. The van der Waals surface area contributed by atoms with Crippen LogP contribution in [0.15, 0.2) is 24.3 Å². The van der Waals surface area contributed by atoms with Gasteiger partial charge in [0.1, 0.15) is 5.75 Å². The molecular weight excluding hydrogens is 276 g/mol. The van der Waals surface area contributed by atoms with Crippen LogP contribution in [0.5, 0.6) is 5.75 Å². The van der Waals surface area contributed by atoms with E-state index in [4.69, 9.17) is 4.74 Å². The molecule has 1 atom stereocenters. The van der Waals surface area contributed by atoms with Crippen LogP contribution in [0.25, 0.3) is 0 Å². The summed E-state index contributed by atoms with van der Waals surface area (Å²) in [4.78, 5) is 16.7. The molecule has 0 N–H and O–H groups in total. The van der Waals surface area contributed by atoms with Gasteiger partial charge in [0.25, 0.3) is 5.91 Å². The summed E-state index contributed by atoms with van der Waals surface area (Å²) in [5.41, 5.74) is 1.15. The number of hydrogen-bond acceptors (Lipinski definition) is 3. The van der Waals surface area contributed by atoms with E-state index in [2.05, 4.69) is 11.8 Å². The molecule has 0 radical (unpaired) electrons. The second-order valence-corrected chi connectivity index (χ2v) is 6.60. The maximum Gasteiger partial charge on any atom is 0.260 e. The van der Waals surface area contributed by atoms with Crippen molar-refractivity contribution in [2.45, 2.75) is 32.7 Å². The number of carbonyl (C=O) groups is 1. The largest absolute Gasteiger partial charge is 0.484 e. The number of hydrogen-bond donors (Lipinski definition) is 0. The second kappa shape index (κ2) is 6.69. The lowest BCUT2D eigenvalue weighted by molar-refractivity contribution is -0.135. The molecule has 1 amide bonds. The zero-order chi connectivity index (χ0) is 15.5. The van der Waals surface area contributed by atoms with Crippen LogP contribution < -0.4 is 4.74 Å². The quantitative estimate of drug-likeness (QED) is 0.837. The fraction of sp³-hybridized carbons (Fsp3) is 0.611. The summed E-state index contributed by atoms with van der Waals surface area (Å²) in [7, 11) is 0. The van der Waals surface area contributed by atoms with E-state index in [1.54, 1.807) is 0 Å². The van der Waals surface area contributed by atoms with Gasteiger partial charge in [0.2, 0.25) is 0 Å². The number of piperazine rings is 1. The first-order chi connectivity index (χ1) is 10.6. The van der Waals surface area contributed by atoms with Crippen molar-refractivity contribution in [1.82, 2.24) is 9.80 Å². The SMILES string of the molecule is Cc1cccc(OCC(=O)N2CCN(C(C)C3CC3)CC2)c1. The van der Waals surface area contributed by atoms with Crippen molar-refractivity contribution < 1.29 is 9.53 Å². The van der Waals surface area contributed by atoms with E-state index < -0.39 is 0 Å². The number of carbonyl (C=O) groups excluding carboxylic acids is 1. The van der Waals surface area contributed by atoms with Crippen LogP contribution in [0.1, 0.15) is 25.3 Å². The number of nitrogens with zero attached hydrogens (tertiary/aromatic N) is 2. The van der Waals surface area contributed by atoms with E-state index in [1.807, 2.05) is 36.1 Å². The number of rotatable bonds is 5. The van der Waals surface area contributed by atoms with Crippen molar-refractivity contribution in [2.75, 3.05) is 32.8 Å². The molecule has 0 aromatic heterocycles. The molecule has 1 aromatic carbocycles. The van der Waals surface area contributed by atoms with Crippen LogP contribution >= 0.6 is 0 Å². The Hall–Kier alpha value is -1.55. The highest BCUT2D eigenvalue weighted by Crippen LogP contribution is 2.35. The summed E-state index contributed by atoms with van der Waals surface area (Å²) in [6, 6.07) is 8.51. The molecular formula is C18H26N2O2. The van der Waals surface area contributed by atoms with Gasteiger partial charge in [0.05, 0.1) is 0 Å². The lowest BCUT2D eigenvalue weighted by Gasteiger charge is -2.38. The van der Waals surface area contributed by atoms with Crippen molar-refractivity contribution in [2.24, 2.45) is 5.92 Å². The van der Waals surface area contributed by atoms with Crippen LogP contribution in [0, 0.1) is 12.8 Å². The van der Waals surface area contributed by atoms with Gasteiger partial charge in [0.15, 0.2) is 6.61 Å². The molecule has 1 aliphatic carbocycles. The average Bonchev–Trinajstić information content (AvgIpc) is 3.37. The lowest BCUT2D eigenvalue weighted by atomic mass is 10.1. The lowest BCUT2D eigenvalue weighted by Crippen LogP contribution is -2.52. The van der Waals surface area contributed by atoms with Crippen LogP contribution in [-0.4, -0.2) is 54.5 Å². The molecule has 1 unspecified atom stereocenters. The van der Waals surface area contributed by atoms with Gasteiger partial charge >= 0.3 is 0 Å². The van der Waals surface area contributed by atoms with Crippen molar-refractivity contribution in [3.05, 3.63) is 29.8 Å². The van der Waals surface area contributed by atoms with Crippen LogP contribution in [-0.2, 0) is 4.79 Å². The van der Waals surface area contributed by atoms with E-state index in [9.17, 15) is 4.79 Å². The topological polar surface area (TPSA) is 32.8 Å². The van der Waals surface area contributed by atoms with Crippen LogP contribution in [0.3, 0.4) is 0 Å². The first-order valence-electron chi connectivity index (χ1n) is 8.35. The molecule has 1 saturated carbocycles. The Morgan fingerprint density at radius 3 is 2.64 bits per heavy atom. The van der Waals surface area contributed by atoms with Gasteiger partial charge < -0.3 is 9.64 Å². The Morgan fingerprint density at radius 1 is 1.27 bits per heavy atom. The minimum Gasteiger partial charge on any atom is -0.484 e. The normalized spacial score (nSPS) is 20.7.